The summed E-state index contributed by atoms with van der Waals surface area (Å²) in [6.07, 6.45) is -0.421. The van der Waals surface area contributed by atoms with Crippen LogP contribution >= 0.6 is 0 Å². The molecule has 0 aromatic rings. The third-order valence-corrected chi connectivity index (χ3v) is 3.97. The molecule has 0 bridgehead atoms. The second-order valence-corrected chi connectivity index (χ2v) is 8.12. The molecule has 0 radical (unpaired) electrons. The van der Waals surface area contributed by atoms with Gasteiger partial charge in [-0.3, -0.25) is 8.37 Å². The lowest BCUT2D eigenvalue weighted by atomic mass is 9.91. The number of esters is 1. The van der Waals surface area contributed by atoms with Crippen LogP contribution in [0.3, 0.4) is 0 Å². The average molecular weight is 383 g/mol. The van der Waals surface area contributed by atoms with Crippen LogP contribution in [0.2, 0.25) is 0 Å². The molecule has 0 aromatic heterocycles. The van der Waals surface area contributed by atoms with Gasteiger partial charge in [0.05, 0.1) is 25.2 Å². The molecule has 11 nitrogen and oxygen atoms in total. The summed E-state index contributed by atoms with van der Waals surface area (Å²) >= 11 is 0. The van der Waals surface area contributed by atoms with Gasteiger partial charge in [0.2, 0.25) is 0 Å². The van der Waals surface area contributed by atoms with E-state index in [2.05, 4.69) is 10.0 Å². The number of ether oxygens (including phenoxy) is 1. The molecule has 1 rings (SSSR count). The normalized spacial score (nSPS) is 24.6. The Balaban J connectivity index is 3.32. The van der Waals surface area contributed by atoms with Crippen molar-refractivity contribution in [3.63, 3.8) is 0 Å². The first kappa shape index (κ1) is 20.4. The lowest BCUT2D eigenvalue weighted by Crippen LogP contribution is -2.45. The first-order valence-corrected chi connectivity index (χ1v) is 10.3. The molecule has 0 fully saturated rings. The molecule has 1 unspecified atom stereocenters. The Morgan fingerprint density at radius 3 is 2.33 bits per heavy atom. The summed E-state index contributed by atoms with van der Waals surface area (Å²) in [4.78, 5) is 14.4. The predicted molar refractivity (Wildman–Crippen MR) is 81.7 cm³/mol. The molecule has 3 atom stereocenters. The van der Waals surface area contributed by atoms with Crippen molar-refractivity contribution in [1.82, 2.24) is 0 Å². The van der Waals surface area contributed by atoms with E-state index in [0.29, 0.717) is 0 Å². The molecule has 24 heavy (non-hydrogen) atoms. The molecule has 0 amide bonds. The van der Waals surface area contributed by atoms with Crippen molar-refractivity contribution in [1.29, 1.82) is 0 Å². The van der Waals surface area contributed by atoms with Gasteiger partial charge in [-0.05, 0) is 12.5 Å². The maximum Gasteiger partial charge on any atom is 0.333 e. The van der Waals surface area contributed by atoms with E-state index < -0.39 is 44.5 Å². The fourth-order valence-corrected chi connectivity index (χ4v) is 3.36. The zero-order valence-electron chi connectivity index (χ0n) is 13.1. The highest BCUT2D eigenvalue weighted by atomic mass is 32.2. The van der Waals surface area contributed by atoms with Crippen molar-refractivity contribution in [2.75, 3.05) is 19.1 Å². The van der Waals surface area contributed by atoms with Crippen molar-refractivity contribution in [3.05, 3.63) is 22.1 Å². The lowest BCUT2D eigenvalue weighted by Gasteiger charge is -2.32. The summed E-state index contributed by atoms with van der Waals surface area (Å²) in [7, 11) is -8.02. The number of hydrogen-bond donors (Lipinski definition) is 0. The minimum Gasteiger partial charge on any atom is -0.463 e. The maximum absolute atomic E-state index is 11.9. The van der Waals surface area contributed by atoms with Crippen LogP contribution in [0.25, 0.3) is 10.4 Å². The SMILES string of the molecule is CCOC(=O)C1=C[C@@H](N=[N+]=[N-])[C@H](OS(C)(=O)=O)C(OS(C)(=O)=O)C1. The van der Waals surface area contributed by atoms with E-state index in [1.54, 1.807) is 6.92 Å². The van der Waals surface area contributed by atoms with E-state index in [0.717, 1.165) is 12.5 Å². The van der Waals surface area contributed by atoms with Crippen LogP contribution in [0, 0.1) is 0 Å². The molecule has 0 saturated carbocycles. The zero-order chi connectivity index (χ0) is 18.5. The summed E-state index contributed by atoms with van der Waals surface area (Å²) in [5.74, 6) is -0.754. The van der Waals surface area contributed by atoms with Gasteiger partial charge < -0.3 is 4.74 Å². The van der Waals surface area contributed by atoms with E-state index in [1.807, 2.05) is 0 Å². The molecule has 0 aliphatic heterocycles. The van der Waals surface area contributed by atoms with Gasteiger partial charge in [0.1, 0.15) is 12.2 Å². The number of carbonyl (C=O) groups excluding carboxylic acids is 1. The summed E-state index contributed by atoms with van der Waals surface area (Å²) < 4.78 is 60.1. The summed E-state index contributed by atoms with van der Waals surface area (Å²) in [6, 6.07) is -1.27. The van der Waals surface area contributed by atoms with Gasteiger partial charge in [0.15, 0.2) is 0 Å². The van der Waals surface area contributed by atoms with Crippen LogP contribution in [-0.4, -0.2) is 60.2 Å². The lowest BCUT2D eigenvalue weighted by molar-refractivity contribution is -0.139. The van der Waals surface area contributed by atoms with Crippen LogP contribution in [0.1, 0.15) is 13.3 Å². The molecule has 13 heteroatoms. The fraction of sp³-hybridized carbons (Fsp3) is 0.727. The van der Waals surface area contributed by atoms with E-state index in [1.165, 1.54) is 6.08 Å². The van der Waals surface area contributed by atoms with Crippen molar-refractivity contribution in [2.45, 2.75) is 31.6 Å². The Kier molecular flexibility index (Phi) is 6.75. The predicted octanol–water partition coefficient (Wildman–Crippen LogP) is 0.248. The van der Waals surface area contributed by atoms with E-state index in [4.69, 9.17) is 18.6 Å². The summed E-state index contributed by atoms with van der Waals surface area (Å²) in [6.45, 7) is 1.65. The van der Waals surface area contributed by atoms with Gasteiger partial charge in [0.25, 0.3) is 20.2 Å². The third-order valence-electron chi connectivity index (χ3n) is 2.80. The highest BCUT2D eigenvalue weighted by Gasteiger charge is 2.40. The van der Waals surface area contributed by atoms with Crippen LogP contribution in [-0.2, 0) is 38.1 Å². The Bertz CT molecular complexity index is 767. The second kappa shape index (κ2) is 7.94. The first-order chi connectivity index (χ1) is 11.0. The molecule has 0 spiro atoms. The zero-order valence-corrected chi connectivity index (χ0v) is 14.8. The Morgan fingerprint density at radius 1 is 1.29 bits per heavy atom. The van der Waals surface area contributed by atoms with Gasteiger partial charge in [-0.1, -0.05) is 11.2 Å². The molecule has 136 valence electrons. The molecule has 0 heterocycles. The molecule has 0 N–H and O–H groups in total. The summed E-state index contributed by atoms with van der Waals surface area (Å²) in [5.41, 5.74) is 8.63. The number of azide groups is 1. The molecular weight excluding hydrogens is 366 g/mol. The average Bonchev–Trinajstić information content (AvgIpc) is 2.39. The second-order valence-electron chi connectivity index (χ2n) is 4.92. The topological polar surface area (TPSA) is 162 Å². The quantitative estimate of drug-likeness (QED) is 0.198. The standard InChI is InChI=1S/C11H17N3O8S2/c1-4-20-11(15)7-5-8(13-14-12)10(22-24(3,18)19)9(6-7)21-23(2,16)17/h5,8-10H,4,6H2,1-3H3/t8-,9?,10+/m1/s1. The minimum atomic E-state index is -4.01. The molecule has 0 saturated heterocycles. The van der Waals surface area contributed by atoms with Gasteiger partial charge in [-0.25, -0.2) is 4.79 Å². The number of rotatable bonds is 7. The van der Waals surface area contributed by atoms with Gasteiger partial charge in [0, 0.05) is 16.9 Å². The Hall–Kier alpha value is -1.66. The number of nitrogens with zero attached hydrogens (tertiary/aromatic N) is 3. The van der Waals surface area contributed by atoms with Crippen molar-refractivity contribution in [2.24, 2.45) is 5.11 Å². The van der Waals surface area contributed by atoms with Gasteiger partial charge in [-0.15, -0.1) is 0 Å². The van der Waals surface area contributed by atoms with E-state index >= 15 is 0 Å². The van der Waals surface area contributed by atoms with Crippen LogP contribution in [0.15, 0.2) is 16.8 Å². The molecular formula is C11H17N3O8S2. The molecule has 1 aliphatic carbocycles. The minimum absolute atomic E-state index is 0.00347. The highest BCUT2D eigenvalue weighted by molar-refractivity contribution is 7.86. The van der Waals surface area contributed by atoms with Crippen LogP contribution in [0.5, 0.6) is 0 Å². The first-order valence-electron chi connectivity index (χ1n) is 6.65. The number of carbonyl (C=O) groups is 1. The van der Waals surface area contributed by atoms with E-state index in [-0.39, 0.29) is 18.6 Å². The molecule has 1 aliphatic rings. The smallest absolute Gasteiger partial charge is 0.333 e. The Labute approximate surface area is 139 Å². The molecule has 0 aromatic carbocycles. The van der Waals surface area contributed by atoms with Gasteiger partial charge in [-0.2, -0.15) is 16.8 Å². The van der Waals surface area contributed by atoms with Crippen LogP contribution < -0.4 is 0 Å². The fourth-order valence-electron chi connectivity index (χ4n) is 2.09. The van der Waals surface area contributed by atoms with Crippen LogP contribution in [0.4, 0.5) is 0 Å². The van der Waals surface area contributed by atoms with E-state index in [9.17, 15) is 21.6 Å². The number of hydrogen-bond acceptors (Lipinski definition) is 9. The largest absolute Gasteiger partial charge is 0.463 e. The van der Waals surface area contributed by atoms with Crippen molar-refractivity contribution in [3.8, 4) is 0 Å². The Morgan fingerprint density at radius 2 is 1.88 bits per heavy atom. The monoisotopic (exact) mass is 383 g/mol. The maximum atomic E-state index is 11.9. The van der Waals surface area contributed by atoms with Gasteiger partial charge >= 0.3 is 5.97 Å². The highest BCUT2D eigenvalue weighted by Crippen LogP contribution is 2.29. The van der Waals surface area contributed by atoms with Crippen molar-refractivity contribution >= 4 is 26.2 Å². The third kappa shape index (κ3) is 6.45. The summed E-state index contributed by atoms with van der Waals surface area (Å²) in [5, 5.41) is 3.35. The van der Waals surface area contributed by atoms with Crippen molar-refractivity contribution < 1.29 is 34.7 Å².